The Kier molecular flexibility index (Phi) is 7.57. The Bertz CT molecular complexity index is 1420. The molecule has 0 atom stereocenters. The molecular weight excluding hydrogens is 507 g/mol. The fourth-order valence-corrected chi connectivity index (χ4v) is 4.03. The first kappa shape index (κ1) is 25.2. The van der Waals surface area contributed by atoms with Crippen LogP contribution in [0.5, 0.6) is 11.5 Å². The van der Waals surface area contributed by atoms with Gasteiger partial charge in [-0.2, -0.15) is 0 Å². The standard InChI is InChI=1S/C26H20Cl2N2O6/c1-3-34-23-13-17(11-20(28)24(23)35-14-16-5-4-6-19(27)10-16)12-21-26(31)36-25(29-21)18-7-8-22(30(32)33)15(2)9-18/h4-13H,3,14H2,1-2H3/b21-12-. The topological polar surface area (TPSA) is 100 Å². The zero-order valence-corrected chi connectivity index (χ0v) is 20.8. The van der Waals surface area contributed by atoms with Gasteiger partial charge in [0.15, 0.2) is 17.2 Å². The Labute approximate surface area is 216 Å². The Morgan fingerprint density at radius 3 is 2.61 bits per heavy atom. The van der Waals surface area contributed by atoms with Crippen LogP contribution in [0.15, 0.2) is 65.3 Å². The second-order valence-electron chi connectivity index (χ2n) is 7.78. The van der Waals surface area contributed by atoms with E-state index in [1.54, 1.807) is 37.3 Å². The summed E-state index contributed by atoms with van der Waals surface area (Å²) in [5.74, 6) is 0.166. The molecule has 4 rings (SSSR count). The number of hydrogen-bond donors (Lipinski definition) is 0. The van der Waals surface area contributed by atoms with Crippen LogP contribution < -0.4 is 9.47 Å². The number of benzene rings is 3. The van der Waals surface area contributed by atoms with Crippen molar-refractivity contribution in [1.29, 1.82) is 0 Å². The Hall–Kier alpha value is -3.88. The lowest BCUT2D eigenvalue weighted by Gasteiger charge is -2.14. The molecule has 0 N–H and O–H groups in total. The van der Waals surface area contributed by atoms with Crippen LogP contribution in [0.4, 0.5) is 5.69 Å². The number of nitro benzene ring substituents is 1. The average Bonchev–Trinajstić information content (AvgIpc) is 3.18. The molecule has 0 fully saturated rings. The number of aliphatic imine (C=N–C) groups is 1. The van der Waals surface area contributed by atoms with E-state index >= 15 is 0 Å². The van der Waals surface area contributed by atoms with Crippen LogP contribution in [0.1, 0.15) is 29.2 Å². The molecule has 0 radical (unpaired) electrons. The van der Waals surface area contributed by atoms with Crippen LogP contribution in [0.3, 0.4) is 0 Å². The van der Waals surface area contributed by atoms with Crippen molar-refractivity contribution in [3.05, 3.63) is 103 Å². The first-order valence-electron chi connectivity index (χ1n) is 10.9. The van der Waals surface area contributed by atoms with Gasteiger partial charge in [-0.05, 0) is 67.4 Å². The summed E-state index contributed by atoms with van der Waals surface area (Å²) in [4.78, 5) is 27.3. The van der Waals surface area contributed by atoms with Crippen LogP contribution in [0.25, 0.3) is 6.08 Å². The SMILES string of the molecule is CCOc1cc(/C=C2\N=C(c3ccc([N+](=O)[O-])c(C)c3)OC2=O)cc(Cl)c1OCc1cccc(Cl)c1. The smallest absolute Gasteiger partial charge is 0.363 e. The molecule has 0 spiro atoms. The molecule has 0 amide bonds. The van der Waals surface area contributed by atoms with E-state index < -0.39 is 10.9 Å². The number of nitrogens with zero attached hydrogens (tertiary/aromatic N) is 2. The van der Waals surface area contributed by atoms with Crippen LogP contribution >= 0.6 is 23.2 Å². The summed E-state index contributed by atoms with van der Waals surface area (Å²) in [5.41, 5.74) is 2.31. The molecular formula is C26H20Cl2N2O6. The molecule has 0 aliphatic carbocycles. The number of cyclic esters (lactones) is 1. The molecule has 1 aliphatic heterocycles. The van der Waals surface area contributed by atoms with Gasteiger partial charge < -0.3 is 14.2 Å². The van der Waals surface area contributed by atoms with Crippen LogP contribution in [-0.4, -0.2) is 23.4 Å². The highest BCUT2D eigenvalue weighted by Gasteiger charge is 2.26. The molecule has 184 valence electrons. The van der Waals surface area contributed by atoms with Crippen LogP contribution in [0, 0.1) is 17.0 Å². The predicted octanol–water partition coefficient (Wildman–Crippen LogP) is 6.53. The maximum absolute atomic E-state index is 12.5. The lowest BCUT2D eigenvalue weighted by atomic mass is 10.1. The predicted molar refractivity (Wildman–Crippen MR) is 137 cm³/mol. The lowest BCUT2D eigenvalue weighted by Crippen LogP contribution is -2.06. The number of nitro groups is 1. The average molecular weight is 527 g/mol. The van der Waals surface area contributed by atoms with E-state index in [4.69, 9.17) is 37.4 Å². The Morgan fingerprint density at radius 1 is 1.11 bits per heavy atom. The Balaban J connectivity index is 1.61. The van der Waals surface area contributed by atoms with Crippen molar-refractivity contribution >= 4 is 46.8 Å². The third-order valence-corrected chi connectivity index (χ3v) is 5.68. The van der Waals surface area contributed by atoms with Crippen molar-refractivity contribution in [3.8, 4) is 11.5 Å². The second kappa shape index (κ2) is 10.8. The minimum atomic E-state index is -0.656. The van der Waals surface area contributed by atoms with E-state index in [2.05, 4.69) is 4.99 Å². The monoisotopic (exact) mass is 526 g/mol. The van der Waals surface area contributed by atoms with Gasteiger partial charge in [0.1, 0.15) is 6.61 Å². The summed E-state index contributed by atoms with van der Waals surface area (Å²) < 4.78 is 16.9. The molecule has 10 heteroatoms. The van der Waals surface area contributed by atoms with Crippen molar-refractivity contribution in [2.45, 2.75) is 20.5 Å². The molecule has 1 heterocycles. The quantitative estimate of drug-likeness (QED) is 0.143. The van der Waals surface area contributed by atoms with Crippen molar-refractivity contribution in [1.82, 2.24) is 0 Å². The van der Waals surface area contributed by atoms with Gasteiger partial charge in [-0.1, -0.05) is 35.3 Å². The second-order valence-corrected chi connectivity index (χ2v) is 8.62. The van der Waals surface area contributed by atoms with Crippen molar-refractivity contribution in [2.24, 2.45) is 4.99 Å². The highest BCUT2D eigenvalue weighted by Crippen LogP contribution is 2.38. The van der Waals surface area contributed by atoms with E-state index in [1.165, 1.54) is 18.2 Å². The summed E-state index contributed by atoms with van der Waals surface area (Å²) in [6.45, 7) is 4.03. The summed E-state index contributed by atoms with van der Waals surface area (Å²) in [6.07, 6.45) is 1.52. The number of carbonyl (C=O) groups excluding carboxylic acids is 1. The lowest BCUT2D eigenvalue weighted by molar-refractivity contribution is -0.385. The minimum Gasteiger partial charge on any atom is -0.490 e. The molecule has 0 aromatic heterocycles. The molecule has 8 nitrogen and oxygen atoms in total. The number of carbonyl (C=O) groups is 1. The van der Waals surface area contributed by atoms with Gasteiger partial charge >= 0.3 is 5.97 Å². The molecule has 3 aromatic rings. The molecule has 0 bridgehead atoms. The number of hydrogen-bond acceptors (Lipinski definition) is 7. The van der Waals surface area contributed by atoms with Gasteiger partial charge in [0.05, 0.1) is 16.6 Å². The van der Waals surface area contributed by atoms with E-state index in [1.807, 2.05) is 19.1 Å². The zero-order valence-electron chi connectivity index (χ0n) is 19.3. The van der Waals surface area contributed by atoms with Gasteiger partial charge in [-0.25, -0.2) is 9.79 Å². The van der Waals surface area contributed by atoms with Gasteiger partial charge in [-0.15, -0.1) is 0 Å². The highest BCUT2D eigenvalue weighted by molar-refractivity contribution is 6.32. The fraction of sp³-hybridized carbons (Fsp3) is 0.154. The van der Waals surface area contributed by atoms with E-state index in [0.717, 1.165) is 5.56 Å². The number of ether oxygens (including phenoxy) is 3. The molecule has 1 aliphatic rings. The normalized spacial score (nSPS) is 13.9. The van der Waals surface area contributed by atoms with Crippen LogP contribution in [0.2, 0.25) is 10.0 Å². The van der Waals surface area contributed by atoms with E-state index in [-0.39, 0.29) is 28.9 Å². The van der Waals surface area contributed by atoms with Gasteiger partial charge in [0.2, 0.25) is 5.90 Å². The van der Waals surface area contributed by atoms with Gasteiger partial charge in [-0.3, -0.25) is 10.1 Å². The largest absolute Gasteiger partial charge is 0.490 e. The van der Waals surface area contributed by atoms with Crippen molar-refractivity contribution in [3.63, 3.8) is 0 Å². The highest BCUT2D eigenvalue weighted by atomic mass is 35.5. The third-order valence-electron chi connectivity index (χ3n) is 5.17. The molecule has 0 unspecified atom stereocenters. The van der Waals surface area contributed by atoms with Crippen LogP contribution in [-0.2, 0) is 16.1 Å². The number of halogens is 2. The maximum atomic E-state index is 12.5. The molecule has 3 aromatic carbocycles. The molecule has 36 heavy (non-hydrogen) atoms. The molecule has 0 saturated heterocycles. The minimum absolute atomic E-state index is 0.0322. The number of esters is 1. The summed E-state index contributed by atoms with van der Waals surface area (Å²) in [5, 5.41) is 11.9. The zero-order chi connectivity index (χ0) is 25.8. The van der Waals surface area contributed by atoms with E-state index in [0.29, 0.717) is 39.8 Å². The summed E-state index contributed by atoms with van der Waals surface area (Å²) in [7, 11) is 0. The Morgan fingerprint density at radius 2 is 1.92 bits per heavy atom. The summed E-state index contributed by atoms with van der Waals surface area (Å²) in [6, 6.07) is 15.0. The third kappa shape index (κ3) is 5.67. The van der Waals surface area contributed by atoms with E-state index in [9.17, 15) is 14.9 Å². The first-order valence-corrected chi connectivity index (χ1v) is 11.6. The van der Waals surface area contributed by atoms with Gasteiger partial charge in [0.25, 0.3) is 5.69 Å². The number of rotatable bonds is 8. The molecule has 0 saturated carbocycles. The van der Waals surface area contributed by atoms with Crippen molar-refractivity contribution in [2.75, 3.05) is 6.61 Å². The number of aryl methyl sites for hydroxylation is 1. The maximum Gasteiger partial charge on any atom is 0.363 e. The fourth-order valence-electron chi connectivity index (χ4n) is 3.54. The van der Waals surface area contributed by atoms with Gasteiger partial charge in [0, 0.05) is 22.2 Å². The summed E-state index contributed by atoms with van der Waals surface area (Å²) >= 11 is 12.5. The van der Waals surface area contributed by atoms with Crippen molar-refractivity contribution < 1.29 is 23.9 Å². The first-order chi connectivity index (χ1) is 17.2.